The highest BCUT2D eigenvalue weighted by molar-refractivity contribution is 6.36. The van der Waals surface area contributed by atoms with Gasteiger partial charge >= 0.3 is 5.97 Å². The van der Waals surface area contributed by atoms with E-state index < -0.39 is 5.97 Å². The molecule has 0 bridgehead atoms. The molecule has 21 heavy (non-hydrogen) atoms. The van der Waals surface area contributed by atoms with Crippen molar-refractivity contribution in [2.24, 2.45) is 5.92 Å². The second-order valence-corrected chi connectivity index (χ2v) is 6.13. The quantitative estimate of drug-likeness (QED) is 0.798. The molecule has 4 nitrogen and oxygen atoms in total. The van der Waals surface area contributed by atoms with E-state index in [1.807, 2.05) is 0 Å². The number of rotatable bonds is 3. The molecule has 1 saturated heterocycles. The van der Waals surface area contributed by atoms with Gasteiger partial charge in [-0.25, -0.2) is 4.79 Å². The first-order chi connectivity index (χ1) is 9.97. The Balaban J connectivity index is 1.90. The molecule has 1 atom stereocenters. The van der Waals surface area contributed by atoms with Gasteiger partial charge in [0.2, 0.25) is 0 Å². The molecule has 1 aliphatic rings. The van der Waals surface area contributed by atoms with Crippen LogP contribution in [0.3, 0.4) is 0 Å². The summed E-state index contributed by atoms with van der Waals surface area (Å²) in [5, 5.41) is 0.654. The van der Waals surface area contributed by atoms with Gasteiger partial charge in [0, 0.05) is 18.1 Å². The Morgan fingerprint density at radius 3 is 2.81 bits per heavy atom. The van der Waals surface area contributed by atoms with Crippen molar-refractivity contribution in [3.63, 3.8) is 0 Å². The molecule has 114 valence electrons. The molecular weight excluding hydrogens is 313 g/mol. The predicted molar refractivity (Wildman–Crippen MR) is 81.7 cm³/mol. The summed E-state index contributed by atoms with van der Waals surface area (Å²) >= 11 is 11.7. The van der Waals surface area contributed by atoms with E-state index in [2.05, 4.69) is 6.92 Å². The van der Waals surface area contributed by atoms with Gasteiger partial charge in [0.25, 0.3) is 5.91 Å². The number of benzene rings is 1. The standard InChI is InChI=1S/C15H17Cl2NO3/c1-10-3-2-6-18(8-10)14(19)9-21-15(20)12-5-4-11(16)7-13(12)17/h4-5,7,10H,2-3,6,8-9H2,1H3. The zero-order valence-electron chi connectivity index (χ0n) is 11.8. The number of carbonyl (C=O) groups excluding carboxylic acids is 2. The van der Waals surface area contributed by atoms with Crippen LogP contribution in [0.4, 0.5) is 0 Å². The fourth-order valence-electron chi connectivity index (χ4n) is 2.37. The maximum Gasteiger partial charge on any atom is 0.340 e. The number of piperidine rings is 1. The minimum absolute atomic E-state index is 0.167. The van der Waals surface area contributed by atoms with Crippen LogP contribution >= 0.6 is 23.2 Å². The van der Waals surface area contributed by atoms with Crippen molar-refractivity contribution in [1.29, 1.82) is 0 Å². The van der Waals surface area contributed by atoms with Crippen molar-refractivity contribution in [1.82, 2.24) is 4.90 Å². The van der Waals surface area contributed by atoms with E-state index in [1.54, 1.807) is 11.0 Å². The minimum atomic E-state index is -0.616. The van der Waals surface area contributed by atoms with E-state index in [9.17, 15) is 9.59 Å². The lowest BCUT2D eigenvalue weighted by Gasteiger charge is -2.30. The maximum atomic E-state index is 12.0. The van der Waals surface area contributed by atoms with Crippen molar-refractivity contribution < 1.29 is 14.3 Å². The highest BCUT2D eigenvalue weighted by atomic mass is 35.5. The summed E-state index contributed by atoms with van der Waals surface area (Å²) in [6, 6.07) is 4.51. The Kier molecular flexibility index (Phi) is 5.48. The van der Waals surface area contributed by atoms with Gasteiger partial charge in [-0.05, 0) is 37.0 Å². The molecule has 0 radical (unpaired) electrons. The summed E-state index contributed by atoms with van der Waals surface area (Å²) in [4.78, 5) is 25.7. The Labute approximate surface area is 134 Å². The Morgan fingerprint density at radius 2 is 2.14 bits per heavy atom. The van der Waals surface area contributed by atoms with E-state index in [-0.39, 0.29) is 23.1 Å². The summed E-state index contributed by atoms with van der Waals surface area (Å²) in [6.45, 7) is 3.30. The molecule has 1 unspecified atom stereocenters. The van der Waals surface area contributed by atoms with Gasteiger partial charge < -0.3 is 9.64 Å². The fraction of sp³-hybridized carbons (Fsp3) is 0.467. The molecule has 1 aromatic carbocycles. The lowest BCUT2D eigenvalue weighted by atomic mass is 10.0. The number of ether oxygens (including phenoxy) is 1. The van der Waals surface area contributed by atoms with Crippen molar-refractivity contribution in [2.75, 3.05) is 19.7 Å². The first-order valence-corrected chi connectivity index (χ1v) is 7.63. The third-order valence-corrected chi connectivity index (χ3v) is 4.04. The average Bonchev–Trinajstić information content (AvgIpc) is 2.44. The smallest absolute Gasteiger partial charge is 0.340 e. The summed E-state index contributed by atoms with van der Waals surface area (Å²) in [5.74, 6) is -0.292. The summed E-state index contributed by atoms with van der Waals surface area (Å²) in [5.41, 5.74) is 0.209. The first-order valence-electron chi connectivity index (χ1n) is 6.87. The first kappa shape index (κ1) is 16.1. The average molecular weight is 330 g/mol. The van der Waals surface area contributed by atoms with Crippen LogP contribution in [0.25, 0.3) is 0 Å². The third kappa shape index (κ3) is 4.35. The largest absolute Gasteiger partial charge is 0.452 e. The van der Waals surface area contributed by atoms with Gasteiger partial charge in [-0.2, -0.15) is 0 Å². The lowest BCUT2D eigenvalue weighted by Crippen LogP contribution is -2.41. The molecule has 6 heteroatoms. The minimum Gasteiger partial charge on any atom is -0.452 e. The molecule has 1 heterocycles. The van der Waals surface area contributed by atoms with Crippen LogP contribution in [0.5, 0.6) is 0 Å². The fourth-order valence-corrected chi connectivity index (χ4v) is 2.85. The van der Waals surface area contributed by atoms with Gasteiger partial charge in [0.1, 0.15) is 0 Å². The molecule has 0 aliphatic carbocycles. The molecule has 1 aromatic rings. The maximum absolute atomic E-state index is 12.0. The Morgan fingerprint density at radius 1 is 1.38 bits per heavy atom. The van der Waals surface area contributed by atoms with Crippen molar-refractivity contribution in [3.05, 3.63) is 33.8 Å². The van der Waals surface area contributed by atoms with Crippen LogP contribution < -0.4 is 0 Å². The Bertz CT molecular complexity index is 548. The van der Waals surface area contributed by atoms with E-state index >= 15 is 0 Å². The highest BCUT2D eigenvalue weighted by Crippen LogP contribution is 2.22. The molecule has 1 aliphatic heterocycles. The van der Waals surface area contributed by atoms with E-state index in [0.29, 0.717) is 10.9 Å². The number of nitrogens with zero attached hydrogens (tertiary/aromatic N) is 1. The zero-order chi connectivity index (χ0) is 15.4. The second-order valence-electron chi connectivity index (χ2n) is 5.29. The number of likely N-dealkylation sites (tertiary alicyclic amines) is 1. The number of carbonyl (C=O) groups is 2. The number of amides is 1. The number of hydrogen-bond donors (Lipinski definition) is 0. The molecular formula is C15H17Cl2NO3. The van der Waals surface area contributed by atoms with Crippen LogP contribution in [-0.2, 0) is 9.53 Å². The van der Waals surface area contributed by atoms with Crippen LogP contribution in [0, 0.1) is 5.92 Å². The van der Waals surface area contributed by atoms with E-state index in [1.165, 1.54) is 12.1 Å². The molecule has 0 N–H and O–H groups in total. The highest BCUT2D eigenvalue weighted by Gasteiger charge is 2.22. The molecule has 0 spiro atoms. The molecule has 0 aromatic heterocycles. The monoisotopic (exact) mass is 329 g/mol. The second kappa shape index (κ2) is 7.14. The van der Waals surface area contributed by atoms with E-state index in [0.717, 1.165) is 25.9 Å². The van der Waals surface area contributed by atoms with Crippen molar-refractivity contribution in [2.45, 2.75) is 19.8 Å². The van der Waals surface area contributed by atoms with E-state index in [4.69, 9.17) is 27.9 Å². The molecule has 0 saturated carbocycles. The van der Waals surface area contributed by atoms with Crippen molar-refractivity contribution >= 4 is 35.1 Å². The number of halogens is 2. The topological polar surface area (TPSA) is 46.6 Å². The SMILES string of the molecule is CC1CCCN(C(=O)COC(=O)c2ccc(Cl)cc2Cl)C1. The number of esters is 1. The van der Waals surface area contributed by atoms with Gasteiger partial charge in [-0.15, -0.1) is 0 Å². The Hall–Kier alpha value is -1.26. The molecule has 1 amide bonds. The summed E-state index contributed by atoms with van der Waals surface area (Å²) < 4.78 is 5.04. The predicted octanol–water partition coefficient (Wildman–Crippen LogP) is 3.41. The lowest BCUT2D eigenvalue weighted by molar-refractivity contribution is -0.136. The van der Waals surface area contributed by atoms with Gasteiger partial charge in [-0.3, -0.25) is 4.79 Å². The summed E-state index contributed by atoms with van der Waals surface area (Å²) in [6.07, 6.45) is 2.12. The van der Waals surface area contributed by atoms with Gasteiger partial charge in [-0.1, -0.05) is 30.1 Å². The van der Waals surface area contributed by atoms with Crippen molar-refractivity contribution in [3.8, 4) is 0 Å². The van der Waals surface area contributed by atoms with Crippen LogP contribution in [0.1, 0.15) is 30.1 Å². The normalized spacial score (nSPS) is 18.4. The molecule has 2 rings (SSSR count). The zero-order valence-corrected chi connectivity index (χ0v) is 13.3. The third-order valence-electron chi connectivity index (χ3n) is 3.49. The van der Waals surface area contributed by atoms with Gasteiger partial charge in [0.15, 0.2) is 6.61 Å². The molecule has 1 fully saturated rings. The van der Waals surface area contributed by atoms with Crippen LogP contribution in [-0.4, -0.2) is 36.5 Å². The van der Waals surface area contributed by atoms with Crippen LogP contribution in [0.15, 0.2) is 18.2 Å². The number of hydrogen-bond acceptors (Lipinski definition) is 3. The van der Waals surface area contributed by atoms with Crippen LogP contribution in [0.2, 0.25) is 10.0 Å². The van der Waals surface area contributed by atoms with Gasteiger partial charge in [0.05, 0.1) is 10.6 Å². The summed E-state index contributed by atoms with van der Waals surface area (Å²) in [7, 11) is 0.